The van der Waals surface area contributed by atoms with Crippen LogP contribution in [0.2, 0.25) is 0 Å². The Morgan fingerprint density at radius 3 is 1.49 bits per heavy atom. The predicted octanol–water partition coefficient (Wildman–Crippen LogP) is 19.0. The molecule has 0 aliphatic heterocycles. The predicted molar refractivity (Wildman–Crippen MR) is 306 cm³/mol. The molecule has 2 aliphatic carbocycles. The number of fused-ring (bicyclic) bond motifs is 18. The normalized spacial score (nSPS) is 14.2. The van der Waals surface area contributed by atoms with Gasteiger partial charge < -0.3 is 8.83 Å². The first-order chi connectivity index (χ1) is 36.2. The summed E-state index contributed by atoms with van der Waals surface area (Å²) in [4.78, 5) is 10.6. The lowest BCUT2D eigenvalue weighted by molar-refractivity contribution is 0.660. The van der Waals surface area contributed by atoms with Crippen LogP contribution in [-0.2, 0) is 10.8 Å². The van der Waals surface area contributed by atoms with Gasteiger partial charge in [-0.15, -0.1) is 0 Å². The molecular formula is C70H46N2O2. The quantitative estimate of drug-likeness (QED) is 0.165. The second-order valence-corrected chi connectivity index (χ2v) is 21.6. The van der Waals surface area contributed by atoms with Crippen LogP contribution in [0.1, 0.15) is 49.9 Å². The molecule has 0 N–H and O–H groups in total. The van der Waals surface area contributed by atoms with Gasteiger partial charge in [-0.1, -0.05) is 204 Å². The molecule has 0 amide bonds. The van der Waals surface area contributed by atoms with E-state index in [-0.39, 0.29) is 10.8 Å². The zero-order valence-corrected chi connectivity index (χ0v) is 41.3. The molecule has 0 saturated carbocycles. The molecule has 14 aromatic rings. The average molecular weight is 947 g/mol. The fourth-order valence-electron chi connectivity index (χ4n) is 13.3. The van der Waals surface area contributed by atoms with Crippen LogP contribution in [-0.4, -0.2) is 9.97 Å². The van der Waals surface area contributed by atoms with E-state index in [1.807, 2.05) is 6.20 Å². The molecule has 16 rings (SSSR count). The Morgan fingerprint density at radius 1 is 0.338 bits per heavy atom. The van der Waals surface area contributed by atoms with Crippen LogP contribution < -0.4 is 0 Å². The molecule has 348 valence electrons. The molecule has 0 atom stereocenters. The van der Waals surface area contributed by atoms with Gasteiger partial charge in [-0.05, 0) is 96.2 Å². The van der Waals surface area contributed by atoms with Crippen molar-refractivity contribution in [1.82, 2.24) is 9.97 Å². The van der Waals surface area contributed by atoms with E-state index in [1.54, 1.807) is 0 Å². The fraction of sp³-hybridized carbons (Fsp3) is 0.0857. The Balaban J connectivity index is 0.931. The largest absolute Gasteiger partial charge is 0.455 e. The molecule has 74 heavy (non-hydrogen) atoms. The topological polar surface area (TPSA) is 52.1 Å². The molecular weight excluding hydrogens is 901 g/mol. The number of hydrogen-bond donors (Lipinski definition) is 0. The summed E-state index contributed by atoms with van der Waals surface area (Å²) in [5.74, 6) is 0. The maximum atomic E-state index is 7.42. The summed E-state index contributed by atoms with van der Waals surface area (Å²) in [6, 6.07) is 72.7. The highest BCUT2D eigenvalue weighted by Gasteiger charge is 2.37. The van der Waals surface area contributed by atoms with E-state index < -0.39 is 0 Å². The van der Waals surface area contributed by atoms with E-state index in [0.717, 1.165) is 110 Å². The second kappa shape index (κ2) is 14.7. The maximum absolute atomic E-state index is 7.42. The number of hydrogen-bond acceptors (Lipinski definition) is 4. The van der Waals surface area contributed by atoms with E-state index in [1.165, 1.54) is 55.3 Å². The Labute approximate surface area is 427 Å². The summed E-state index contributed by atoms with van der Waals surface area (Å²) >= 11 is 0. The summed E-state index contributed by atoms with van der Waals surface area (Å²) in [6.45, 7) is 9.36. The molecule has 0 unspecified atom stereocenters. The number of furan rings is 2. The zero-order chi connectivity index (χ0) is 49.2. The average Bonchev–Trinajstić information content (AvgIpc) is 4.15. The van der Waals surface area contributed by atoms with E-state index in [4.69, 9.17) is 18.8 Å². The van der Waals surface area contributed by atoms with Crippen molar-refractivity contribution in [2.45, 2.75) is 38.5 Å². The monoisotopic (exact) mass is 946 g/mol. The van der Waals surface area contributed by atoms with Crippen LogP contribution in [0.15, 0.2) is 215 Å². The molecule has 0 saturated heterocycles. The Hall–Kier alpha value is -9.12. The number of para-hydroxylation sites is 2. The third kappa shape index (κ3) is 5.57. The Morgan fingerprint density at radius 2 is 0.838 bits per heavy atom. The van der Waals surface area contributed by atoms with E-state index in [0.29, 0.717) is 0 Å². The van der Waals surface area contributed by atoms with Gasteiger partial charge in [0.25, 0.3) is 0 Å². The van der Waals surface area contributed by atoms with Gasteiger partial charge in [-0.3, -0.25) is 4.98 Å². The Kier molecular flexibility index (Phi) is 8.27. The third-order valence-electron chi connectivity index (χ3n) is 16.9. The van der Waals surface area contributed by atoms with Gasteiger partial charge in [0.1, 0.15) is 22.3 Å². The number of nitrogens with zero attached hydrogens (tertiary/aromatic N) is 2. The lowest BCUT2D eigenvalue weighted by atomic mass is 9.81. The maximum Gasteiger partial charge on any atom is 0.144 e. The molecule has 3 heterocycles. The minimum atomic E-state index is -0.135. The minimum absolute atomic E-state index is 0.135. The van der Waals surface area contributed by atoms with Crippen molar-refractivity contribution in [3.63, 3.8) is 0 Å². The van der Waals surface area contributed by atoms with E-state index in [9.17, 15) is 0 Å². The molecule has 4 nitrogen and oxygen atoms in total. The van der Waals surface area contributed by atoms with Gasteiger partial charge in [-0.2, -0.15) is 0 Å². The molecule has 2 aliphatic rings. The third-order valence-corrected chi connectivity index (χ3v) is 16.9. The first-order valence-corrected chi connectivity index (χ1v) is 25.7. The lowest BCUT2D eigenvalue weighted by Gasteiger charge is -2.22. The summed E-state index contributed by atoms with van der Waals surface area (Å²) in [5, 5.41) is 8.63. The molecule has 11 aromatic carbocycles. The summed E-state index contributed by atoms with van der Waals surface area (Å²) < 4.78 is 14.7. The summed E-state index contributed by atoms with van der Waals surface area (Å²) in [6.07, 6.45) is 1.93. The first kappa shape index (κ1) is 41.5. The van der Waals surface area contributed by atoms with Crippen molar-refractivity contribution < 1.29 is 8.83 Å². The van der Waals surface area contributed by atoms with Crippen molar-refractivity contribution >= 4 is 76.5 Å². The zero-order valence-electron chi connectivity index (χ0n) is 41.3. The summed E-state index contributed by atoms with van der Waals surface area (Å²) in [7, 11) is 0. The van der Waals surface area contributed by atoms with Crippen LogP contribution in [0.5, 0.6) is 0 Å². The van der Waals surface area contributed by atoms with Crippen LogP contribution >= 0.6 is 0 Å². The van der Waals surface area contributed by atoms with E-state index >= 15 is 0 Å². The van der Waals surface area contributed by atoms with Gasteiger partial charge in [0, 0.05) is 65.4 Å². The number of aromatic nitrogens is 2. The minimum Gasteiger partial charge on any atom is -0.455 e. The molecule has 0 spiro atoms. The fourth-order valence-corrected chi connectivity index (χ4v) is 13.3. The lowest BCUT2D eigenvalue weighted by Crippen LogP contribution is -2.14. The van der Waals surface area contributed by atoms with Crippen molar-refractivity contribution in [3.05, 3.63) is 229 Å². The van der Waals surface area contributed by atoms with Gasteiger partial charge >= 0.3 is 0 Å². The van der Waals surface area contributed by atoms with Crippen LogP contribution in [0.25, 0.3) is 143 Å². The van der Waals surface area contributed by atoms with Crippen LogP contribution in [0.3, 0.4) is 0 Å². The molecule has 4 heteroatoms. The van der Waals surface area contributed by atoms with Crippen molar-refractivity contribution in [2.24, 2.45) is 0 Å². The van der Waals surface area contributed by atoms with Gasteiger partial charge in [-0.25, -0.2) is 4.98 Å². The second-order valence-electron chi connectivity index (χ2n) is 21.6. The smallest absolute Gasteiger partial charge is 0.144 e. The van der Waals surface area contributed by atoms with Gasteiger partial charge in [0.2, 0.25) is 0 Å². The Bertz CT molecular complexity index is 4640. The van der Waals surface area contributed by atoms with Crippen molar-refractivity contribution in [3.8, 4) is 66.9 Å². The first-order valence-electron chi connectivity index (χ1n) is 25.7. The highest BCUT2D eigenvalue weighted by atomic mass is 16.3. The van der Waals surface area contributed by atoms with Crippen molar-refractivity contribution in [2.75, 3.05) is 0 Å². The SMILES string of the molecule is CC1(C)c2ccccc2-c2ccc(-c3cccc4c3oc3c(-c5cccc(-c6cnc7c8ccccc8c8ccccc8c7n6)c5)c5c(cc34)oc3c(-c4ccc6c(c4)C(C)(C)c4ccccc4-6)cccc35)cc21. The standard InChI is InChI=1S/C70H46N2O2/c1-69(2)56-28-11-9-20-47(56)49-32-30-39(35-58(49)69)43-24-14-26-53-55-37-61-63(54-27-15-25-44(67(54)73-61)40-31-33-50-48-21-10-12-29-57(48)70(3,4)59(50)36-40)62(68(55)74-66(43)53)42-17-13-16-41(34-42)60-38-71-64-51-22-7-5-18-45(51)46-19-6-8-23-52(46)65(64)72-60/h5-38H,1-4H3. The highest BCUT2D eigenvalue weighted by Crippen LogP contribution is 2.53. The molecule has 0 radical (unpaired) electrons. The molecule has 3 aromatic heterocycles. The molecule has 0 fully saturated rings. The van der Waals surface area contributed by atoms with Crippen molar-refractivity contribution in [1.29, 1.82) is 0 Å². The highest BCUT2D eigenvalue weighted by molar-refractivity contribution is 6.26. The number of rotatable bonds is 4. The van der Waals surface area contributed by atoms with Gasteiger partial charge in [0.05, 0.1) is 22.9 Å². The van der Waals surface area contributed by atoms with Crippen LogP contribution in [0.4, 0.5) is 0 Å². The van der Waals surface area contributed by atoms with Gasteiger partial charge in [0.15, 0.2) is 0 Å². The van der Waals surface area contributed by atoms with Crippen LogP contribution in [0, 0.1) is 0 Å². The number of benzene rings is 11. The summed E-state index contributed by atoms with van der Waals surface area (Å²) in [5.41, 5.74) is 23.6. The van der Waals surface area contributed by atoms with E-state index in [2.05, 4.69) is 228 Å². The molecule has 0 bridgehead atoms.